The molecule has 0 amide bonds. The van der Waals surface area contributed by atoms with E-state index < -0.39 is 0 Å². The van der Waals surface area contributed by atoms with Gasteiger partial charge in [0, 0.05) is 27.3 Å². The van der Waals surface area contributed by atoms with Crippen LogP contribution in [0.1, 0.15) is 22.9 Å². The van der Waals surface area contributed by atoms with E-state index in [4.69, 9.17) is 14.4 Å². The lowest BCUT2D eigenvalue weighted by Crippen LogP contribution is -2.36. The fraction of sp³-hybridized carbons (Fsp3) is 0.0270. The predicted octanol–water partition coefficient (Wildman–Crippen LogP) is 8.90. The number of hydrogen-bond donors (Lipinski definition) is 1. The number of hydrogen-bond acceptors (Lipinski definition) is 4. The highest BCUT2D eigenvalue weighted by molar-refractivity contribution is 6.19. The van der Waals surface area contributed by atoms with Gasteiger partial charge in [-0.25, -0.2) is 9.98 Å². The fourth-order valence-corrected chi connectivity index (χ4v) is 5.72. The summed E-state index contributed by atoms with van der Waals surface area (Å²) in [5, 5.41) is 8.07. The lowest BCUT2D eigenvalue weighted by molar-refractivity contribution is 0.673. The van der Waals surface area contributed by atoms with E-state index in [0.29, 0.717) is 0 Å². The smallest absolute Gasteiger partial charge is 0.169 e. The van der Waals surface area contributed by atoms with Crippen LogP contribution >= 0.6 is 0 Å². The lowest BCUT2D eigenvalue weighted by Gasteiger charge is -2.22. The third-order valence-electron chi connectivity index (χ3n) is 7.74. The molecule has 0 saturated heterocycles. The summed E-state index contributed by atoms with van der Waals surface area (Å²) in [6.45, 7) is 0. The van der Waals surface area contributed by atoms with Gasteiger partial charge in [0.25, 0.3) is 0 Å². The van der Waals surface area contributed by atoms with Crippen molar-refractivity contribution in [1.29, 1.82) is 0 Å². The van der Waals surface area contributed by atoms with Crippen LogP contribution in [-0.4, -0.2) is 11.7 Å². The maximum Gasteiger partial charge on any atom is 0.169 e. The van der Waals surface area contributed by atoms with Gasteiger partial charge in [-0.2, -0.15) is 0 Å². The van der Waals surface area contributed by atoms with E-state index in [2.05, 4.69) is 108 Å². The van der Waals surface area contributed by atoms with E-state index in [1.807, 2.05) is 36.4 Å². The normalized spacial score (nSPS) is 15.1. The number of nitrogens with one attached hydrogen (secondary N) is 1. The van der Waals surface area contributed by atoms with Crippen LogP contribution in [0, 0.1) is 0 Å². The Morgan fingerprint density at radius 3 is 1.95 bits per heavy atom. The summed E-state index contributed by atoms with van der Waals surface area (Å²) in [5.74, 6) is 1.62. The number of rotatable bonds is 4. The van der Waals surface area contributed by atoms with E-state index in [0.717, 1.165) is 66.8 Å². The molecule has 4 heteroatoms. The van der Waals surface area contributed by atoms with Crippen LogP contribution in [0.15, 0.2) is 154 Å². The Morgan fingerprint density at radius 1 is 0.512 bits per heavy atom. The Kier molecular flexibility index (Phi) is 5.49. The zero-order chi connectivity index (χ0) is 27.2. The van der Waals surface area contributed by atoms with Gasteiger partial charge in [0.05, 0.1) is 0 Å². The van der Waals surface area contributed by atoms with Crippen molar-refractivity contribution in [3.05, 3.63) is 156 Å². The van der Waals surface area contributed by atoms with Crippen LogP contribution in [0.5, 0.6) is 0 Å². The molecule has 0 bridgehead atoms. The molecule has 194 valence electrons. The van der Waals surface area contributed by atoms with Gasteiger partial charge in [0.15, 0.2) is 6.17 Å². The third kappa shape index (κ3) is 4.09. The molecule has 8 rings (SSSR count). The van der Waals surface area contributed by atoms with Gasteiger partial charge in [0.2, 0.25) is 0 Å². The molecule has 1 unspecified atom stereocenters. The minimum atomic E-state index is -0.316. The Morgan fingerprint density at radius 2 is 1.17 bits per heavy atom. The highest BCUT2D eigenvalue weighted by atomic mass is 16.3. The van der Waals surface area contributed by atoms with Crippen LogP contribution in [-0.2, 0) is 0 Å². The molecule has 0 spiro atoms. The number of amidine groups is 2. The van der Waals surface area contributed by atoms with Crippen molar-refractivity contribution in [3.63, 3.8) is 0 Å². The standard InChI is InChI=1S/C37H25N3O/c1-3-11-26(12-4-1)35-38-36(27-13-5-2-6-14-27)40-37(39-35)28-20-18-25(19-21-28)29-16-9-17-32-33(29)31-23-22-24-10-7-8-15-30(24)34(31)41-32/h1-23,35H,(H,38,39,40). The summed E-state index contributed by atoms with van der Waals surface area (Å²) in [6.07, 6.45) is -0.316. The quantitative estimate of drug-likeness (QED) is 0.248. The second-order valence-electron chi connectivity index (χ2n) is 10.3. The number of fused-ring (bicyclic) bond motifs is 5. The zero-order valence-electron chi connectivity index (χ0n) is 22.2. The molecule has 7 aromatic rings. The second-order valence-corrected chi connectivity index (χ2v) is 10.3. The molecule has 1 atom stereocenters. The van der Waals surface area contributed by atoms with Crippen molar-refractivity contribution >= 4 is 44.4 Å². The first-order valence-electron chi connectivity index (χ1n) is 13.8. The number of nitrogens with zero attached hydrogens (tertiary/aromatic N) is 2. The molecule has 0 radical (unpaired) electrons. The summed E-state index contributed by atoms with van der Waals surface area (Å²) in [4.78, 5) is 9.96. The molecule has 6 aromatic carbocycles. The molecule has 0 aliphatic carbocycles. The number of furan rings is 1. The largest absolute Gasteiger partial charge is 0.455 e. The molecule has 1 N–H and O–H groups in total. The lowest BCUT2D eigenvalue weighted by atomic mass is 9.97. The Labute approximate surface area is 237 Å². The third-order valence-corrected chi connectivity index (χ3v) is 7.74. The van der Waals surface area contributed by atoms with Crippen LogP contribution < -0.4 is 5.32 Å². The maximum atomic E-state index is 6.41. The molecule has 41 heavy (non-hydrogen) atoms. The van der Waals surface area contributed by atoms with Gasteiger partial charge in [-0.3, -0.25) is 0 Å². The van der Waals surface area contributed by atoms with E-state index in [-0.39, 0.29) is 6.17 Å². The van der Waals surface area contributed by atoms with Crippen molar-refractivity contribution in [3.8, 4) is 11.1 Å². The monoisotopic (exact) mass is 527 g/mol. The molecule has 2 heterocycles. The summed E-state index contributed by atoms with van der Waals surface area (Å²) in [5.41, 5.74) is 7.20. The Hall–Kier alpha value is -5.48. The van der Waals surface area contributed by atoms with Gasteiger partial charge in [0.1, 0.15) is 22.8 Å². The fourth-order valence-electron chi connectivity index (χ4n) is 5.72. The summed E-state index contributed by atoms with van der Waals surface area (Å²) < 4.78 is 6.41. The first kappa shape index (κ1) is 23.4. The molecule has 0 saturated carbocycles. The molecule has 1 aromatic heterocycles. The second kappa shape index (κ2) is 9.61. The van der Waals surface area contributed by atoms with E-state index in [9.17, 15) is 0 Å². The minimum absolute atomic E-state index is 0.316. The van der Waals surface area contributed by atoms with Gasteiger partial charge >= 0.3 is 0 Å². The predicted molar refractivity (Wildman–Crippen MR) is 168 cm³/mol. The molecule has 4 nitrogen and oxygen atoms in total. The average molecular weight is 528 g/mol. The first-order chi connectivity index (χ1) is 20.3. The Balaban J connectivity index is 1.20. The highest BCUT2D eigenvalue weighted by Crippen LogP contribution is 2.39. The van der Waals surface area contributed by atoms with E-state index >= 15 is 0 Å². The Bertz CT molecular complexity index is 2110. The van der Waals surface area contributed by atoms with Crippen molar-refractivity contribution in [2.45, 2.75) is 6.17 Å². The zero-order valence-corrected chi connectivity index (χ0v) is 22.2. The van der Waals surface area contributed by atoms with Crippen molar-refractivity contribution in [1.82, 2.24) is 5.32 Å². The van der Waals surface area contributed by atoms with Gasteiger partial charge in [-0.1, -0.05) is 127 Å². The molecule has 1 aliphatic rings. The minimum Gasteiger partial charge on any atom is -0.455 e. The van der Waals surface area contributed by atoms with Crippen molar-refractivity contribution < 1.29 is 4.42 Å². The van der Waals surface area contributed by atoms with Gasteiger partial charge in [-0.15, -0.1) is 0 Å². The van der Waals surface area contributed by atoms with Gasteiger partial charge in [-0.05, 0) is 34.2 Å². The highest BCUT2D eigenvalue weighted by Gasteiger charge is 2.21. The SMILES string of the molecule is c1ccc(C2=NC(c3ccccc3)N=C(c3ccc(-c4cccc5oc6c7ccccc7ccc6c45)cc3)N2)cc1. The van der Waals surface area contributed by atoms with Crippen LogP contribution in [0.2, 0.25) is 0 Å². The maximum absolute atomic E-state index is 6.41. The molecule has 0 fully saturated rings. The summed E-state index contributed by atoms with van der Waals surface area (Å²) >= 11 is 0. The van der Waals surface area contributed by atoms with Crippen molar-refractivity contribution in [2.24, 2.45) is 9.98 Å². The first-order valence-corrected chi connectivity index (χ1v) is 13.8. The number of aliphatic imine (C=N–C) groups is 2. The van der Waals surface area contributed by atoms with Crippen LogP contribution in [0.25, 0.3) is 43.8 Å². The topological polar surface area (TPSA) is 49.9 Å². The summed E-state index contributed by atoms with van der Waals surface area (Å²) in [7, 11) is 0. The van der Waals surface area contributed by atoms with E-state index in [1.165, 1.54) is 5.39 Å². The van der Waals surface area contributed by atoms with Crippen LogP contribution in [0.3, 0.4) is 0 Å². The van der Waals surface area contributed by atoms with E-state index in [1.54, 1.807) is 0 Å². The van der Waals surface area contributed by atoms with Crippen molar-refractivity contribution in [2.75, 3.05) is 0 Å². The van der Waals surface area contributed by atoms with Crippen LogP contribution in [0.4, 0.5) is 0 Å². The summed E-state index contributed by atoms with van der Waals surface area (Å²) in [6, 6.07) is 48.0. The molecular formula is C37H25N3O. The average Bonchev–Trinajstić information content (AvgIpc) is 3.45. The molecular weight excluding hydrogens is 502 g/mol. The molecule has 1 aliphatic heterocycles. The van der Waals surface area contributed by atoms with Gasteiger partial charge < -0.3 is 9.73 Å². The number of benzene rings is 6.